The van der Waals surface area contributed by atoms with Crippen LogP contribution >= 0.6 is 0 Å². The van der Waals surface area contributed by atoms with Crippen LogP contribution in [-0.4, -0.2) is 25.0 Å². The van der Waals surface area contributed by atoms with Crippen LogP contribution in [0.25, 0.3) is 0 Å². The predicted molar refractivity (Wildman–Crippen MR) is 70.2 cm³/mol. The van der Waals surface area contributed by atoms with Crippen LogP contribution in [0.3, 0.4) is 0 Å². The summed E-state index contributed by atoms with van der Waals surface area (Å²) in [7, 11) is 0. The average Bonchev–Trinajstić information content (AvgIpc) is 2.65. The van der Waals surface area contributed by atoms with E-state index in [9.17, 15) is 4.79 Å². The summed E-state index contributed by atoms with van der Waals surface area (Å²) in [5.41, 5.74) is 2.32. The molecule has 0 aromatic heterocycles. The number of amides is 1. The lowest BCUT2D eigenvalue weighted by Crippen LogP contribution is -2.41. The van der Waals surface area contributed by atoms with Gasteiger partial charge in [-0.3, -0.25) is 4.79 Å². The Morgan fingerprint density at radius 3 is 3.12 bits per heavy atom. The quantitative estimate of drug-likeness (QED) is 0.631. The second-order valence-electron chi connectivity index (χ2n) is 4.37. The molecular formula is C14H18N2O. The van der Waals surface area contributed by atoms with Crippen molar-refractivity contribution < 1.29 is 4.79 Å². The molecule has 1 N–H and O–H groups in total. The van der Waals surface area contributed by atoms with Crippen molar-refractivity contribution in [1.82, 2.24) is 5.32 Å². The standard InChI is InChI=1S/C14H18N2O/c1-3-8-15-10-14(17)16-11(2)9-12-6-4-5-7-13(12)16/h3-7,11,15H,1,8-10H2,2H3/t11-/m1/s1. The van der Waals surface area contributed by atoms with Crippen molar-refractivity contribution >= 4 is 11.6 Å². The fourth-order valence-electron chi connectivity index (χ4n) is 2.31. The summed E-state index contributed by atoms with van der Waals surface area (Å²) in [5.74, 6) is 0.129. The summed E-state index contributed by atoms with van der Waals surface area (Å²) in [4.78, 5) is 14.0. The summed E-state index contributed by atoms with van der Waals surface area (Å²) in [6.07, 6.45) is 2.71. The topological polar surface area (TPSA) is 32.3 Å². The van der Waals surface area contributed by atoms with E-state index in [0.717, 1.165) is 12.1 Å². The number of fused-ring (bicyclic) bond motifs is 1. The van der Waals surface area contributed by atoms with E-state index in [2.05, 4.69) is 24.9 Å². The Morgan fingerprint density at radius 1 is 1.59 bits per heavy atom. The summed E-state index contributed by atoms with van der Waals surface area (Å²) < 4.78 is 0. The van der Waals surface area contributed by atoms with Gasteiger partial charge >= 0.3 is 0 Å². The molecule has 2 rings (SSSR count). The fourth-order valence-corrected chi connectivity index (χ4v) is 2.31. The molecule has 1 atom stereocenters. The van der Waals surface area contributed by atoms with Crippen molar-refractivity contribution in [1.29, 1.82) is 0 Å². The second-order valence-corrected chi connectivity index (χ2v) is 4.37. The normalized spacial score (nSPS) is 17.9. The van der Waals surface area contributed by atoms with E-state index in [1.807, 2.05) is 23.1 Å². The highest BCUT2D eigenvalue weighted by Crippen LogP contribution is 2.31. The molecule has 1 amide bonds. The SMILES string of the molecule is C=CCNCC(=O)N1c2ccccc2C[C@H]1C. The fraction of sp³-hybridized carbons (Fsp3) is 0.357. The lowest BCUT2D eigenvalue weighted by molar-refractivity contribution is -0.118. The molecule has 17 heavy (non-hydrogen) atoms. The molecule has 1 aliphatic rings. The van der Waals surface area contributed by atoms with Gasteiger partial charge in [0.2, 0.25) is 5.91 Å². The Morgan fingerprint density at radius 2 is 2.35 bits per heavy atom. The lowest BCUT2D eigenvalue weighted by Gasteiger charge is -2.22. The third-order valence-corrected chi connectivity index (χ3v) is 3.04. The molecule has 90 valence electrons. The summed E-state index contributed by atoms with van der Waals surface area (Å²) in [5, 5.41) is 3.05. The van der Waals surface area contributed by atoms with Crippen molar-refractivity contribution in [3.8, 4) is 0 Å². The highest BCUT2D eigenvalue weighted by molar-refractivity contribution is 5.97. The first-order valence-corrected chi connectivity index (χ1v) is 5.95. The van der Waals surface area contributed by atoms with Gasteiger partial charge in [0.05, 0.1) is 6.54 Å². The number of nitrogens with zero attached hydrogens (tertiary/aromatic N) is 1. The first-order chi connectivity index (χ1) is 8.24. The highest BCUT2D eigenvalue weighted by Gasteiger charge is 2.29. The number of benzene rings is 1. The Hall–Kier alpha value is -1.61. The van der Waals surface area contributed by atoms with Crippen LogP contribution in [0.1, 0.15) is 12.5 Å². The van der Waals surface area contributed by atoms with E-state index in [-0.39, 0.29) is 11.9 Å². The van der Waals surface area contributed by atoms with Crippen LogP contribution < -0.4 is 10.2 Å². The monoisotopic (exact) mass is 230 g/mol. The molecule has 1 heterocycles. The van der Waals surface area contributed by atoms with Crippen molar-refractivity contribution in [2.24, 2.45) is 0 Å². The minimum Gasteiger partial charge on any atom is -0.308 e. The van der Waals surface area contributed by atoms with Crippen molar-refractivity contribution in [2.75, 3.05) is 18.0 Å². The summed E-state index contributed by atoms with van der Waals surface area (Å²) in [6, 6.07) is 8.37. The van der Waals surface area contributed by atoms with E-state index in [1.165, 1.54) is 5.56 Å². The molecule has 1 aromatic rings. The number of para-hydroxylation sites is 1. The van der Waals surface area contributed by atoms with E-state index in [1.54, 1.807) is 6.08 Å². The Bertz CT molecular complexity index is 428. The number of rotatable bonds is 4. The van der Waals surface area contributed by atoms with Gasteiger partial charge in [-0.1, -0.05) is 24.3 Å². The van der Waals surface area contributed by atoms with Gasteiger partial charge in [0, 0.05) is 18.3 Å². The number of nitrogens with one attached hydrogen (secondary N) is 1. The van der Waals surface area contributed by atoms with Gasteiger partial charge in [0.25, 0.3) is 0 Å². The summed E-state index contributed by atoms with van der Waals surface area (Å²) in [6.45, 7) is 6.74. The van der Waals surface area contributed by atoms with Crippen LogP contribution in [-0.2, 0) is 11.2 Å². The molecule has 0 spiro atoms. The summed E-state index contributed by atoms with van der Waals surface area (Å²) >= 11 is 0. The number of hydrogen-bond acceptors (Lipinski definition) is 2. The van der Waals surface area contributed by atoms with E-state index >= 15 is 0 Å². The molecule has 0 aliphatic carbocycles. The van der Waals surface area contributed by atoms with Crippen molar-refractivity contribution in [2.45, 2.75) is 19.4 Å². The van der Waals surface area contributed by atoms with E-state index in [4.69, 9.17) is 0 Å². The molecule has 0 radical (unpaired) electrons. The van der Waals surface area contributed by atoms with Crippen LogP contribution in [0.5, 0.6) is 0 Å². The first kappa shape index (κ1) is 11.9. The van der Waals surface area contributed by atoms with Crippen LogP contribution in [0.4, 0.5) is 5.69 Å². The molecule has 0 fully saturated rings. The van der Waals surface area contributed by atoms with E-state index < -0.39 is 0 Å². The largest absolute Gasteiger partial charge is 0.308 e. The van der Waals surface area contributed by atoms with Gasteiger partial charge in [0.15, 0.2) is 0 Å². The highest BCUT2D eigenvalue weighted by atomic mass is 16.2. The molecule has 3 nitrogen and oxygen atoms in total. The van der Waals surface area contributed by atoms with Crippen molar-refractivity contribution in [3.63, 3.8) is 0 Å². The third kappa shape index (κ3) is 2.39. The molecule has 0 saturated heterocycles. The van der Waals surface area contributed by atoms with Crippen LogP contribution in [0.2, 0.25) is 0 Å². The van der Waals surface area contributed by atoms with Crippen LogP contribution in [0, 0.1) is 0 Å². The lowest BCUT2D eigenvalue weighted by atomic mass is 10.1. The maximum absolute atomic E-state index is 12.1. The van der Waals surface area contributed by atoms with Crippen LogP contribution in [0.15, 0.2) is 36.9 Å². The van der Waals surface area contributed by atoms with Crippen molar-refractivity contribution in [3.05, 3.63) is 42.5 Å². The smallest absolute Gasteiger partial charge is 0.241 e. The Labute approximate surface area is 102 Å². The molecule has 3 heteroatoms. The number of hydrogen-bond donors (Lipinski definition) is 1. The zero-order valence-electron chi connectivity index (χ0n) is 10.1. The molecule has 1 aromatic carbocycles. The zero-order valence-corrected chi connectivity index (χ0v) is 10.1. The molecule has 0 saturated carbocycles. The molecule has 0 bridgehead atoms. The number of carbonyl (C=O) groups excluding carboxylic acids is 1. The molecular weight excluding hydrogens is 212 g/mol. The maximum Gasteiger partial charge on any atom is 0.241 e. The minimum absolute atomic E-state index is 0.129. The maximum atomic E-state index is 12.1. The van der Waals surface area contributed by atoms with Gasteiger partial charge in [-0.25, -0.2) is 0 Å². The number of carbonyl (C=O) groups is 1. The van der Waals surface area contributed by atoms with Gasteiger partial charge in [-0.2, -0.15) is 0 Å². The predicted octanol–water partition coefficient (Wildman–Crippen LogP) is 1.74. The Kier molecular flexibility index (Phi) is 3.59. The minimum atomic E-state index is 0.129. The Balaban J connectivity index is 2.10. The van der Waals surface area contributed by atoms with Gasteiger partial charge < -0.3 is 10.2 Å². The average molecular weight is 230 g/mol. The van der Waals surface area contributed by atoms with Gasteiger partial charge in [0.1, 0.15) is 0 Å². The molecule has 0 unspecified atom stereocenters. The molecule has 1 aliphatic heterocycles. The van der Waals surface area contributed by atoms with E-state index in [0.29, 0.717) is 13.1 Å². The first-order valence-electron chi connectivity index (χ1n) is 5.95. The third-order valence-electron chi connectivity index (χ3n) is 3.04. The second kappa shape index (κ2) is 5.15. The number of anilines is 1. The van der Waals surface area contributed by atoms with Gasteiger partial charge in [-0.05, 0) is 25.0 Å². The van der Waals surface area contributed by atoms with Gasteiger partial charge in [-0.15, -0.1) is 6.58 Å². The zero-order chi connectivity index (χ0) is 12.3.